The summed E-state index contributed by atoms with van der Waals surface area (Å²) in [6.45, 7) is 0. The molecule has 0 heterocycles. The standard InChI is InChI=1S/C9H16N2O3/c1-14-8(13)9(7(12)11-10)5-3-2-4-6-9/h2-6,10H2,1H3,(H,11,12). The maximum atomic E-state index is 11.6. The van der Waals surface area contributed by atoms with E-state index in [1.165, 1.54) is 7.11 Å². The number of esters is 1. The Morgan fingerprint density at radius 1 is 1.29 bits per heavy atom. The quantitative estimate of drug-likeness (QED) is 0.218. The van der Waals surface area contributed by atoms with Gasteiger partial charge in [-0.25, -0.2) is 5.84 Å². The van der Waals surface area contributed by atoms with E-state index in [9.17, 15) is 9.59 Å². The molecule has 1 fully saturated rings. The highest BCUT2D eigenvalue weighted by Crippen LogP contribution is 2.37. The van der Waals surface area contributed by atoms with E-state index in [-0.39, 0.29) is 0 Å². The molecular formula is C9H16N2O3. The Labute approximate surface area is 82.9 Å². The minimum absolute atomic E-state index is 0.427. The van der Waals surface area contributed by atoms with E-state index < -0.39 is 17.3 Å². The van der Waals surface area contributed by atoms with Gasteiger partial charge in [0.25, 0.3) is 5.91 Å². The summed E-state index contributed by atoms with van der Waals surface area (Å²) in [5.41, 5.74) is 1.01. The molecule has 0 aromatic carbocycles. The van der Waals surface area contributed by atoms with Crippen molar-refractivity contribution in [3.8, 4) is 0 Å². The van der Waals surface area contributed by atoms with Crippen molar-refractivity contribution >= 4 is 11.9 Å². The van der Waals surface area contributed by atoms with Crippen molar-refractivity contribution in [3.63, 3.8) is 0 Å². The number of amides is 1. The van der Waals surface area contributed by atoms with Crippen molar-refractivity contribution in [3.05, 3.63) is 0 Å². The molecule has 0 unspecified atom stereocenters. The highest BCUT2D eigenvalue weighted by Gasteiger charge is 2.47. The van der Waals surface area contributed by atoms with Crippen LogP contribution in [0.15, 0.2) is 0 Å². The van der Waals surface area contributed by atoms with E-state index in [2.05, 4.69) is 10.2 Å². The van der Waals surface area contributed by atoms with Crippen molar-refractivity contribution in [1.29, 1.82) is 0 Å². The molecule has 1 aliphatic carbocycles. The van der Waals surface area contributed by atoms with Crippen molar-refractivity contribution in [1.82, 2.24) is 5.43 Å². The number of carbonyl (C=O) groups is 2. The zero-order valence-corrected chi connectivity index (χ0v) is 8.34. The lowest BCUT2D eigenvalue weighted by Crippen LogP contribution is -2.50. The summed E-state index contributed by atoms with van der Waals surface area (Å²) in [6.07, 6.45) is 3.84. The molecule has 0 atom stereocenters. The molecule has 5 heteroatoms. The Morgan fingerprint density at radius 3 is 2.29 bits per heavy atom. The largest absolute Gasteiger partial charge is 0.468 e. The third kappa shape index (κ3) is 1.72. The molecule has 0 aromatic rings. The Morgan fingerprint density at radius 2 is 1.86 bits per heavy atom. The number of nitrogens with one attached hydrogen (secondary N) is 1. The van der Waals surface area contributed by atoms with Crippen molar-refractivity contribution in [2.45, 2.75) is 32.1 Å². The van der Waals surface area contributed by atoms with Gasteiger partial charge in [-0.3, -0.25) is 15.0 Å². The number of methoxy groups -OCH3 is 1. The van der Waals surface area contributed by atoms with E-state index in [1.807, 2.05) is 0 Å². The van der Waals surface area contributed by atoms with Crippen LogP contribution in [0.25, 0.3) is 0 Å². The summed E-state index contributed by atoms with van der Waals surface area (Å²) in [5, 5.41) is 0. The van der Waals surface area contributed by atoms with Gasteiger partial charge in [0, 0.05) is 0 Å². The van der Waals surface area contributed by atoms with Crippen LogP contribution >= 0.6 is 0 Å². The lowest BCUT2D eigenvalue weighted by atomic mass is 9.73. The van der Waals surface area contributed by atoms with Crippen LogP contribution in [0.3, 0.4) is 0 Å². The van der Waals surface area contributed by atoms with Crippen LogP contribution in [0.1, 0.15) is 32.1 Å². The van der Waals surface area contributed by atoms with Crippen LogP contribution < -0.4 is 11.3 Å². The third-order valence-electron chi connectivity index (χ3n) is 2.85. The molecule has 3 N–H and O–H groups in total. The van der Waals surface area contributed by atoms with Gasteiger partial charge in [-0.05, 0) is 12.8 Å². The first-order valence-electron chi connectivity index (χ1n) is 4.77. The summed E-state index contributed by atoms with van der Waals surface area (Å²) in [7, 11) is 1.29. The van der Waals surface area contributed by atoms with Crippen LogP contribution in [0.4, 0.5) is 0 Å². The van der Waals surface area contributed by atoms with Gasteiger partial charge >= 0.3 is 5.97 Å². The molecule has 0 spiro atoms. The molecule has 0 saturated heterocycles. The summed E-state index contributed by atoms with van der Waals surface area (Å²) >= 11 is 0. The van der Waals surface area contributed by atoms with Gasteiger partial charge in [0.1, 0.15) is 5.41 Å². The molecule has 1 saturated carbocycles. The van der Waals surface area contributed by atoms with Crippen LogP contribution in [0.2, 0.25) is 0 Å². The highest BCUT2D eigenvalue weighted by molar-refractivity contribution is 6.02. The Kier molecular flexibility index (Phi) is 3.46. The summed E-state index contributed by atoms with van der Waals surface area (Å²) in [6, 6.07) is 0. The number of ether oxygens (including phenoxy) is 1. The van der Waals surface area contributed by atoms with Gasteiger partial charge in [0.05, 0.1) is 7.11 Å². The summed E-state index contributed by atoms with van der Waals surface area (Å²) in [4.78, 5) is 23.1. The maximum Gasteiger partial charge on any atom is 0.321 e. The van der Waals surface area contributed by atoms with Crippen LogP contribution in [-0.2, 0) is 14.3 Å². The predicted molar refractivity (Wildman–Crippen MR) is 49.9 cm³/mol. The monoisotopic (exact) mass is 200 g/mol. The zero-order valence-electron chi connectivity index (χ0n) is 8.34. The van der Waals surface area contributed by atoms with E-state index in [0.29, 0.717) is 12.8 Å². The number of hydrogen-bond donors (Lipinski definition) is 2. The van der Waals surface area contributed by atoms with Gasteiger partial charge in [-0.2, -0.15) is 0 Å². The minimum Gasteiger partial charge on any atom is -0.468 e. The van der Waals surface area contributed by atoms with Gasteiger partial charge in [0.15, 0.2) is 0 Å². The molecule has 14 heavy (non-hydrogen) atoms. The lowest BCUT2D eigenvalue weighted by molar-refractivity contribution is -0.161. The second-order valence-corrected chi connectivity index (χ2v) is 3.61. The molecular weight excluding hydrogens is 184 g/mol. The second kappa shape index (κ2) is 4.41. The summed E-state index contributed by atoms with van der Waals surface area (Å²) < 4.78 is 4.66. The van der Waals surface area contributed by atoms with Crippen LogP contribution in [0.5, 0.6) is 0 Å². The van der Waals surface area contributed by atoms with Crippen LogP contribution in [0, 0.1) is 5.41 Å². The van der Waals surface area contributed by atoms with Crippen LogP contribution in [-0.4, -0.2) is 19.0 Å². The molecule has 80 valence electrons. The zero-order chi connectivity index (χ0) is 10.6. The first-order chi connectivity index (χ1) is 6.67. The summed E-state index contributed by atoms with van der Waals surface area (Å²) in [5.74, 6) is 4.17. The highest BCUT2D eigenvalue weighted by atomic mass is 16.5. The van der Waals surface area contributed by atoms with Crippen molar-refractivity contribution < 1.29 is 14.3 Å². The third-order valence-corrected chi connectivity index (χ3v) is 2.85. The minimum atomic E-state index is -1.04. The number of hydrazine groups is 1. The molecule has 1 aliphatic rings. The number of nitrogens with two attached hydrogens (primary N) is 1. The van der Waals surface area contributed by atoms with Gasteiger partial charge in [-0.1, -0.05) is 19.3 Å². The van der Waals surface area contributed by atoms with Gasteiger partial charge < -0.3 is 4.74 Å². The Bertz CT molecular complexity index is 216. The number of rotatable bonds is 2. The lowest BCUT2D eigenvalue weighted by Gasteiger charge is -2.32. The molecule has 1 rings (SSSR count). The smallest absolute Gasteiger partial charge is 0.321 e. The molecule has 0 radical (unpaired) electrons. The molecule has 0 aromatic heterocycles. The fourth-order valence-corrected chi connectivity index (χ4v) is 2.01. The Balaban J connectivity index is 2.87. The first-order valence-corrected chi connectivity index (χ1v) is 4.77. The number of carbonyl (C=O) groups excluding carboxylic acids is 2. The van der Waals surface area contributed by atoms with E-state index in [4.69, 9.17) is 5.84 Å². The normalized spacial score (nSPS) is 19.9. The van der Waals surface area contributed by atoms with Gasteiger partial charge in [0.2, 0.25) is 0 Å². The van der Waals surface area contributed by atoms with E-state index >= 15 is 0 Å². The second-order valence-electron chi connectivity index (χ2n) is 3.61. The molecule has 0 bridgehead atoms. The van der Waals surface area contributed by atoms with E-state index in [0.717, 1.165) is 19.3 Å². The van der Waals surface area contributed by atoms with Gasteiger partial charge in [-0.15, -0.1) is 0 Å². The van der Waals surface area contributed by atoms with E-state index in [1.54, 1.807) is 0 Å². The maximum absolute atomic E-state index is 11.6. The SMILES string of the molecule is COC(=O)C1(C(=O)NN)CCCCC1. The van der Waals surface area contributed by atoms with Crippen molar-refractivity contribution in [2.75, 3.05) is 7.11 Å². The fourth-order valence-electron chi connectivity index (χ4n) is 2.01. The predicted octanol–water partition coefficient (Wildman–Crippen LogP) is 0.0998. The average Bonchev–Trinajstić information content (AvgIpc) is 2.27. The van der Waals surface area contributed by atoms with Crippen molar-refractivity contribution in [2.24, 2.45) is 11.3 Å². The molecule has 1 amide bonds. The molecule has 0 aliphatic heterocycles. The fraction of sp³-hybridized carbons (Fsp3) is 0.778. The topological polar surface area (TPSA) is 81.4 Å². The average molecular weight is 200 g/mol. The molecule has 5 nitrogen and oxygen atoms in total. The Hall–Kier alpha value is -1.10. The first kappa shape index (κ1) is 11.0. The number of hydrogen-bond acceptors (Lipinski definition) is 4.